The van der Waals surface area contributed by atoms with Crippen molar-refractivity contribution in [2.45, 2.75) is 19.1 Å². The van der Waals surface area contributed by atoms with Gasteiger partial charge in [0.05, 0.1) is 12.7 Å². The summed E-state index contributed by atoms with van der Waals surface area (Å²) in [6.07, 6.45) is 1.81. The van der Waals surface area contributed by atoms with Crippen molar-refractivity contribution in [3.05, 3.63) is 36.5 Å². The van der Waals surface area contributed by atoms with Crippen LogP contribution in [0.4, 0.5) is 0 Å². The largest absolute Gasteiger partial charge is 0.394 e. The molecule has 0 saturated carbocycles. The molecule has 0 aliphatic carbocycles. The van der Waals surface area contributed by atoms with Gasteiger partial charge < -0.3 is 14.8 Å². The third-order valence-corrected chi connectivity index (χ3v) is 2.50. The van der Waals surface area contributed by atoms with Crippen LogP contribution in [0.25, 0.3) is 10.9 Å². The number of aryl methyl sites for hydroxylation is 1. The van der Waals surface area contributed by atoms with E-state index in [9.17, 15) is 5.11 Å². The molecule has 0 bridgehead atoms. The van der Waals surface area contributed by atoms with Crippen molar-refractivity contribution < 1.29 is 10.2 Å². The maximum atomic E-state index is 9.26. The fourth-order valence-electron chi connectivity index (χ4n) is 1.63. The number of nitrogens with zero attached hydrogens (tertiary/aromatic N) is 1. The number of aliphatic hydroxyl groups is 2. The first-order valence-corrected chi connectivity index (χ1v) is 5.05. The number of para-hydroxylation sites is 1. The first-order chi connectivity index (χ1) is 7.31. The lowest BCUT2D eigenvalue weighted by Gasteiger charge is -2.08. The minimum Gasteiger partial charge on any atom is -0.394 e. The van der Waals surface area contributed by atoms with Gasteiger partial charge in [0.25, 0.3) is 0 Å². The molecule has 0 aliphatic heterocycles. The van der Waals surface area contributed by atoms with Crippen molar-refractivity contribution in [3.8, 4) is 0 Å². The number of benzene rings is 1. The molecule has 15 heavy (non-hydrogen) atoms. The Bertz CT molecular complexity index is 436. The van der Waals surface area contributed by atoms with Gasteiger partial charge in [-0.1, -0.05) is 18.2 Å². The molecule has 3 heteroatoms. The molecule has 0 spiro atoms. The Morgan fingerprint density at radius 2 is 2.13 bits per heavy atom. The molecule has 1 atom stereocenters. The molecule has 1 aromatic carbocycles. The van der Waals surface area contributed by atoms with Crippen LogP contribution < -0.4 is 0 Å². The molecule has 0 amide bonds. The molecule has 0 aliphatic rings. The fraction of sp³-hybridized carbons (Fsp3) is 0.333. The number of hydrogen-bond donors (Lipinski definition) is 2. The molecule has 2 N–H and O–H groups in total. The summed E-state index contributed by atoms with van der Waals surface area (Å²) in [5.41, 5.74) is 1.11. The Hall–Kier alpha value is -1.32. The summed E-state index contributed by atoms with van der Waals surface area (Å²) in [6.45, 7) is 0.522. The summed E-state index contributed by atoms with van der Waals surface area (Å²) >= 11 is 0. The van der Waals surface area contributed by atoms with E-state index in [0.29, 0.717) is 13.0 Å². The summed E-state index contributed by atoms with van der Waals surface area (Å²) in [5.74, 6) is 0. The molecule has 1 unspecified atom stereocenters. The van der Waals surface area contributed by atoms with Crippen molar-refractivity contribution in [1.29, 1.82) is 0 Å². The standard InChI is InChI=1S/C12H14NO2/c14-9-11(15)6-8-13-7-5-10-3-1-2-4-12(10)13/h1-4,7,11,14-15H,6,8-9H2. The zero-order chi connectivity index (χ0) is 10.7. The van der Waals surface area contributed by atoms with Crippen LogP contribution in [0.3, 0.4) is 0 Å². The van der Waals surface area contributed by atoms with Crippen molar-refractivity contribution in [2.75, 3.05) is 6.61 Å². The molecule has 0 saturated heterocycles. The molecule has 2 rings (SSSR count). The first-order valence-electron chi connectivity index (χ1n) is 5.05. The van der Waals surface area contributed by atoms with Gasteiger partial charge in [-0.3, -0.25) is 0 Å². The second-order valence-electron chi connectivity index (χ2n) is 3.61. The highest BCUT2D eigenvalue weighted by molar-refractivity contribution is 5.79. The Morgan fingerprint density at radius 3 is 2.93 bits per heavy atom. The van der Waals surface area contributed by atoms with Gasteiger partial charge >= 0.3 is 0 Å². The van der Waals surface area contributed by atoms with Crippen LogP contribution in [0, 0.1) is 6.07 Å². The van der Waals surface area contributed by atoms with Crippen LogP contribution in [-0.2, 0) is 6.54 Å². The first kappa shape index (κ1) is 10.2. The van der Waals surface area contributed by atoms with E-state index in [1.165, 1.54) is 0 Å². The minimum atomic E-state index is -0.633. The average molecular weight is 204 g/mol. The topological polar surface area (TPSA) is 45.4 Å². The molecule has 1 radical (unpaired) electrons. The quantitative estimate of drug-likeness (QED) is 0.785. The van der Waals surface area contributed by atoms with Crippen LogP contribution >= 0.6 is 0 Å². The van der Waals surface area contributed by atoms with Crippen molar-refractivity contribution in [3.63, 3.8) is 0 Å². The predicted molar refractivity (Wildman–Crippen MR) is 58.5 cm³/mol. The normalized spacial score (nSPS) is 13.2. The average Bonchev–Trinajstić information content (AvgIpc) is 2.69. The van der Waals surface area contributed by atoms with Gasteiger partial charge in [-0.25, -0.2) is 0 Å². The summed E-state index contributed by atoms with van der Waals surface area (Å²) in [4.78, 5) is 0. The Balaban J connectivity index is 2.14. The smallest absolute Gasteiger partial charge is 0.0787 e. The molecular formula is C12H14NO2. The lowest BCUT2D eigenvalue weighted by atomic mass is 10.2. The molecule has 0 fully saturated rings. The lowest BCUT2D eigenvalue weighted by Crippen LogP contribution is -2.14. The Morgan fingerprint density at radius 1 is 1.33 bits per heavy atom. The molecule has 3 nitrogen and oxygen atoms in total. The van der Waals surface area contributed by atoms with Crippen molar-refractivity contribution in [2.24, 2.45) is 0 Å². The second kappa shape index (κ2) is 4.47. The third-order valence-electron chi connectivity index (χ3n) is 2.50. The summed E-state index contributed by atoms with van der Waals surface area (Å²) in [5, 5.41) is 19.0. The van der Waals surface area contributed by atoms with E-state index < -0.39 is 6.10 Å². The highest BCUT2D eigenvalue weighted by Gasteiger charge is 2.04. The van der Waals surface area contributed by atoms with Crippen LogP contribution in [-0.4, -0.2) is 27.5 Å². The zero-order valence-corrected chi connectivity index (χ0v) is 8.43. The minimum absolute atomic E-state index is 0.178. The number of rotatable bonds is 4. The van der Waals surface area contributed by atoms with Gasteiger partial charge in [-0.05, 0) is 12.5 Å². The monoisotopic (exact) mass is 204 g/mol. The third kappa shape index (κ3) is 2.19. The van der Waals surface area contributed by atoms with Gasteiger partial charge in [0, 0.05) is 29.7 Å². The second-order valence-corrected chi connectivity index (χ2v) is 3.61. The van der Waals surface area contributed by atoms with E-state index in [1.54, 1.807) is 0 Å². The van der Waals surface area contributed by atoms with E-state index >= 15 is 0 Å². The van der Waals surface area contributed by atoms with Gasteiger partial charge in [-0.2, -0.15) is 0 Å². The van der Waals surface area contributed by atoms with Gasteiger partial charge in [0.15, 0.2) is 0 Å². The van der Waals surface area contributed by atoms with Crippen LogP contribution in [0.2, 0.25) is 0 Å². The van der Waals surface area contributed by atoms with Crippen LogP contribution in [0.15, 0.2) is 30.5 Å². The summed E-state index contributed by atoms with van der Waals surface area (Å²) < 4.78 is 2.04. The predicted octanol–water partition coefficient (Wildman–Crippen LogP) is 1.18. The Kier molecular flexibility index (Phi) is 3.04. The number of hydrogen-bond acceptors (Lipinski definition) is 2. The van der Waals surface area contributed by atoms with Gasteiger partial charge in [-0.15, -0.1) is 0 Å². The summed E-state index contributed by atoms with van der Waals surface area (Å²) in [6, 6.07) is 11.1. The molecule has 1 aromatic heterocycles. The van der Waals surface area contributed by atoms with E-state index in [1.807, 2.05) is 35.0 Å². The van der Waals surface area contributed by atoms with E-state index in [-0.39, 0.29) is 6.61 Å². The summed E-state index contributed by atoms with van der Waals surface area (Å²) in [7, 11) is 0. The van der Waals surface area contributed by atoms with E-state index in [2.05, 4.69) is 6.07 Å². The van der Waals surface area contributed by atoms with Crippen molar-refractivity contribution in [1.82, 2.24) is 4.57 Å². The lowest BCUT2D eigenvalue weighted by molar-refractivity contribution is 0.0849. The fourth-order valence-corrected chi connectivity index (χ4v) is 1.63. The van der Waals surface area contributed by atoms with E-state index in [4.69, 9.17) is 5.11 Å². The molecule has 79 valence electrons. The van der Waals surface area contributed by atoms with E-state index in [0.717, 1.165) is 10.9 Å². The molecular weight excluding hydrogens is 190 g/mol. The van der Waals surface area contributed by atoms with Crippen molar-refractivity contribution >= 4 is 10.9 Å². The van der Waals surface area contributed by atoms with Crippen LogP contribution in [0.1, 0.15) is 6.42 Å². The van der Waals surface area contributed by atoms with Gasteiger partial charge in [0.2, 0.25) is 0 Å². The maximum absolute atomic E-state index is 9.26. The van der Waals surface area contributed by atoms with Gasteiger partial charge in [0.1, 0.15) is 0 Å². The maximum Gasteiger partial charge on any atom is 0.0787 e. The highest BCUT2D eigenvalue weighted by Crippen LogP contribution is 2.14. The zero-order valence-electron chi connectivity index (χ0n) is 8.43. The SMILES string of the molecule is OCC(O)CCn1c[c]c2ccccc21. The molecule has 1 heterocycles. The Labute approximate surface area is 88.6 Å². The number of fused-ring (bicyclic) bond motifs is 1. The molecule has 2 aromatic rings. The van der Waals surface area contributed by atoms with Crippen LogP contribution in [0.5, 0.6) is 0 Å². The highest BCUT2D eigenvalue weighted by atomic mass is 16.3. The number of aliphatic hydroxyl groups excluding tert-OH is 2. The number of aromatic nitrogens is 1.